The van der Waals surface area contributed by atoms with Gasteiger partial charge in [-0.05, 0) is 42.7 Å². The number of hydrogen-bond acceptors (Lipinski definition) is 3. The normalized spacial score (nSPS) is 16.9. The zero-order valence-electron chi connectivity index (χ0n) is 14.6. The molecule has 25 heavy (non-hydrogen) atoms. The van der Waals surface area contributed by atoms with Crippen molar-refractivity contribution >= 4 is 26.7 Å². The Morgan fingerprint density at radius 1 is 1.12 bits per heavy atom. The van der Waals surface area contributed by atoms with Gasteiger partial charge in [0, 0.05) is 13.1 Å². The summed E-state index contributed by atoms with van der Waals surface area (Å²) in [6, 6.07) is 12.0. The number of amides is 1. The average molecular weight is 360 g/mol. The summed E-state index contributed by atoms with van der Waals surface area (Å²) < 4.78 is 27.8. The van der Waals surface area contributed by atoms with Crippen molar-refractivity contribution < 1.29 is 13.2 Å². The summed E-state index contributed by atoms with van der Waals surface area (Å²) >= 11 is 0. The quantitative estimate of drug-likeness (QED) is 0.891. The molecule has 0 aromatic heterocycles. The van der Waals surface area contributed by atoms with Crippen molar-refractivity contribution in [1.82, 2.24) is 9.62 Å². The summed E-state index contributed by atoms with van der Waals surface area (Å²) in [5.74, 6) is -0.184. The van der Waals surface area contributed by atoms with Crippen LogP contribution in [-0.4, -0.2) is 38.4 Å². The number of carbonyl (C=O) groups is 1. The molecule has 1 aliphatic carbocycles. The zero-order chi connectivity index (χ0) is 18.0. The number of nitrogens with zero attached hydrogens (tertiary/aromatic N) is 1. The van der Waals surface area contributed by atoms with Crippen molar-refractivity contribution in [3.63, 3.8) is 0 Å². The van der Waals surface area contributed by atoms with Crippen molar-refractivity contribution in [1.29, 1.82) is 0 Å². The fourth-order valence-corrected chi connectivity index (χ4v) is 4.69. The molecule has 1 saturated carbocycles. The molecule has 5 nitrogen and oxygen atoms in total. The van der Waals surface area contributed by atoms with E-state index in [9.17, 15) is 13.2 Å². The molecule has 1 amide bonds. The SMILES string of the molecule is CC(NS(=O)(=O)c1ccc2ccccc2c1)C(=O)N(C)C1CCCC1. The molecule has 2 aromatic rings. The number of fused-ring (bicyclic) bond motifs is 1. The summed E-state index contributed by atoms with van der Waals surface area (Å²) in [6.45, 7) is 1.60. The van der Waals surface area contributed by atoms with E-state index < -0.39 is 16.1 Å². The summed E-state index contributed by atoms with van der Waals surface area (Å²) in [7, 11) is -1.99. The molecule has 3 rings (SSSR count). The first kappa shape index (κ1) is 17.9. The van der Waals surface area contributed by atoms with Crippen molar-refractivity contribution in [3.05, 3.63) is 42.5 Å². The van der Waals surface area contributed by atoms with E-state index in [0.717, 1.165) is 36.5 Å². The Morgan fingerprint density at radius 3 is 2.44 bits per heavy atom. The maximum Gasteiger partial charge on any atom is 0.241 e. The van der Waals surface area contributed by atoms with Crippen LogP contribution in [0.25, 0.3) is 10.8 Å². The predicted molar refractivity (Wildman–Crippen MR) is 98.8 cm³/mol. The first-order valence-electron chi connectivity index (χ1n) is 8.66. The Labute approximate surface area is 149 Å². The topological polar surface area (TPSA) is 66.5 Å². The smallest absolute Gasteiger partial charge is 0.241 e. The molecule has 1 fully saturated rings. The second-order valence-corrected chi connectivity index (χ2v) is 8.45. The van der Waals surface area contributed by atoms with E-state index in [1.54, 1.807) is 37.1 Å². The molecule has 0 spiro atoms. The minimum atomic E-state index is -3.75. The van der Waals surface area contributed by atoms with Crippen LogP contribution < -0.4 is 4.72 Å². The minimum absolute atomic E-state index is 0.175. The maximum atomic E-state index is 12.7. The van der Waals surface area contributed by atoms with Crippen LogP contribution in [0.4, 0.5) is 0 Å². The summed E-state index contributed by atoms with van der Waals surface area (Å²) in [4.78, 5) is 14.4. The lowest BCUT2D eigenvalue weighted by Crippen LogP contribution is -2.48. The van der Waals surface area contributed by atoms with Gasteiger partial charge in [-0.2, -0.15) is 4.72 Å². The van der Waals surface area contributed by atoms with Crippen LogP contribution in [0.1, 0.15) is 32.6 Å². The molecule has 6 heteroatoms. The fourth-order valence-electron chi connectivity index (χ4n) is 3.46. The van der Waals surface area contributed by atoms with Gasteiger partial charge in [-0.1, -0.05) is 43.2 Å². The fraction of sp³-hybridized carbons (Fsp3) is 0.421. The van der Waals surface area contributed by atoms with E-state index >= 15 is 0 Å². The van der Waals surface area contributed by atoms with E-state index in [2.05, 4.69) is 4.72 Å². The second kappa shape index (κ2) is 7.14. The minimum Gasteiger partial charge on any atom is -0.341 e. The Hall–Kier alpha value is -1.92. The standard InChI is InChI=1S/C19H24N2O3S/c1-14(19(22)21(2)17-9-5-6-10-17)20-25(23,24)18-12-11-15-7-3-4-8-16(15)13-18/h3-4,7-8,11-14,17,20H,5-6,9-10H2,1-2H3. The molecule has 134 valence electrons. The summed E-state index contributed by atoms with van der Waals surface area (Å²) in [5.41, 5.74) is 0. The highest BCUT2D eigenvalue weighted by Gasteiger charge is 2.29. The van der Waals surface area contributed by atoms with Crippen LogP contribution in [0.2, 0.25) is 0 Å². The molecule has 1 N–H and O–H groups in total. The van der Waals surface area contributed by atoms with Crippen molar-refractivity contribution in [3.8, 4) is 0 Å². The third-order valence-corrected chi connectivity index (χ3v) is 6.49. The first-order chi connectivity index (χ1) is 11.9. The van der Waals surface area contributed by atoms with Crippen LogP contribution in [-0.2, 0) is 14.8 Å². The Morgan fingerprint density at radius 2 is 1.76 bits per heavy atom. The number of sulfonamides is 1. The van der Waals surface area contributed by atoms with Gasteiger partial charge in [0.1, 0.15) is 0 Å². The third-order valence-electron chi connectivity index (χ3n) is 4.95. The van der Waals surface area contributed by atoms with E-state index in [0.29, 0.717) is 0 Å². The van der Waals surface area contributed by atoms with Gasteiger partial charge in [0.15, 0.2) is 0 Å². The van der Waals surface area contributed by atoms with Crippen LogP contribution in [0, 0.1) is 0 Å². The van der Waals surface area contributed by atoms with E-state index in [4.69, 9.17) is 0 Å². The van der Waals surface area contributed by atoms with E-state index in [-0.39, 0.29) is 16.8 Å². The number of likely N-dealkylation sites (N-methyl/N-ethyl adjacent to an activating group) is 1. The molecular weight excluding hydrogens is 336 g/mol. The number of hydrogen-bond donors (Lipinski definition) is 1. The van der Waals surface area contributed by atoms with Gasteiger partial charge in [0.2, 0.25) is 15.9 Å². The molecule has 2 aromatic carbocycles. The van der Waals surface area contributed by atoms with Crippen LogP contribution in [0.3, 0.4) is 0 Å². The molecule has 0 radical (unpaired) electrons. The van der Waals surface area contributed by atoms with E-state index in [1.807, 2.05) is 24.3 Å². The number of rotatable bonds is 5. The lowest BCUT2D eigenvalue weighted by atomic mass is 10.1. The third kappa shape index (κ3) is 3.85. The van der Waals surface area contributed by atoms with Crippen LogP contribution >= 0.6 is 0 Å². The maximum absolute atomic E-state index is 12.7. The number of carbonyl (C=O) groups excluding carboxylic acids is 1. The zero-order valence-corrected chi connectivity index (χ0v) is 15.4. The van der Waals surface area contributed by atoms with Gasteiger partial charge in [-0.15, -0.1) is 0 Å². The second-order valence-electron chi connectivity index (χ2n) is 6.74. The van der Waals surface area contributed by atoms with Gasteiger partial charge in [0.25, 0.3) is 0 Å². The molecule has 0 aliphatic heterocycles. The molecule has 0 heterocycles. The Kier molecular flexibility index (Phi) is 5.11. The molecule has 0 saturated heterocycles. The number of benzene rings is 2. The summed E-state index contributed by atoms with van der Waals surface area (Å²) in [6.07, 6.45) is 4.23. The predicted octanol–water partition coefficient (Wildman–Crippen LogP) is 2.91. The largest absolute Gasteiger partial charge is 0.341 e. The molecule has 1 aliphatic rings. The lowest BCUT2D eigenvalue weighted by molar-refractivity contribution is -0.133. The Bertz CT molecular complexity index is 873. The van der Waals surface area contributed by atoms with Gasteiger partial charge in [0.05, 0.1) is 10.9 Å². The highest BCUT2D eigenvalue weighted by Crippen LogP contribution is 2.23. The molecule has 1 atom stereocenters. The first-order valence-corrected chi connectivity index (χ1v) is 10.1. The van der Waals surface area contributed by atoms with Crippen molar-refractivity contribution in [2.45, 2.75) is 49.6 Å². The lowest BCUT2D eigenvalue weighted by Gasteiger charge is -2.27. The highest BCUT2D eigenvalue weighted by molar-refractivity contribution is 7.89. The van der Waals surface area contributed by atoms with Gasteiger partial charge >= 0.3 is 0 Å². The molecule has 0 bridgehead atoms. The van der Waals surface area contributed by atoms with Crippen LogP contribution in [0.15, 0.2) is 47.4 Å². The van der Waals surface area contributed by atoms with E-state index in [1.165, 1.54) is 0 Å². The summed E-state index contributed by atoms with van der Waals surface area (Å²) in [5, 5.41) is 1.83. The van der Waals surface area contributed by atoms with Gasteiger partial charge < -0.3 is 4.90 Å². The molecule has 1 unspecified atom stereocenters. The number of nitrogens with one attached hydrogen (secondary N) is 1. The monoisotopic (exact) mass is 360 g/mol. The van der Waals surface area contributed by atoms with Gasteiger partial charge in [-0.3, -0.25) is 4.79 Å². The van der Waals surface area contributed by atoms with Crippen molar-refractivity contribution in [2.24, 2.45) is 0 Å². The van der Waals surface area contributed by atoms with Crippen LogP contribution in [0.5, 0.6) is 0 Å². The highest BCUT2D eigenvalue weighted by atomic mass is 32.2. The average Bonchev–Trinajstić information content (AvgIpc) is 3.14. The Balaban J connectivity index is 1.76. The van der Waals surface area contributed by atoms with Crippen molar-refractivity contribution in [2.75, 3.05) is 7.05 Å². The van der Waals surface area contributed by atoms with Gasteiger partial charge in [-0.25, -0.2) is 8.42 Å². The molecular formula is C19H24N2O3S.